The third-order valence-electron chi connectivity index (χ3n) is 3.78. The maximum Gasteiger partial charge on any atom is 0.233 e. The third-order valence-corrected chi connectivity index (χ3v) is 4.97. The number of carbonyl (C=O) groups is 1. The molecule has 1 heterocycles. The van der Waals surface area contributed by atoms with Gasteiger partial charge < -0.3 is 9.64 Å². The number of rotatable bonds is 6. The molecule has 2 aromatic rings. The van der Waals surface area contributed by atoms with Crippen LogP contribution in [0.2, 0.25) is 0 Å². The average molecular weight is 349 g/mol. The van der Waals surface area contributed by atoms with E-state index in [1.807, 2.05) is 30.3 Å². The van der Waals surface area contributed by atoms with Crippen LogP contribution in [0.5, 0.6) is 0 Å². The molecule has 1 amide bonds. The monoisotopic (exact) mass is 349 g/mol. The van der Waals surface area contributed by atoms with Crippen molar-refractivity contribution in [2.75, 3.05) is 12.4 Å². The molecule has 0 saturated carbocycles. The fraction of sp³-hybridized carbons (Fsp3) is 0.278. The van der Waals surface area contributed by atoms with Crippen molar-refractivity contribution < 1.29 is 18.3 Å². The van der Waals surface area contributed by atoms with E-state index in [4.69, 9.17) is 4.74 Å². The van der Waals surface area contributed by atoms with Crippen LogP contribution in [0.25, 0.3) is 0 Å². The summed E-state index contributed by atoms with van der Waals surface area (Å²) in [6, 6.07) is 13.5. The minimum Gasteiger partial charge on any atom is -0.374 e. The van der Waals surface area contributed by atoms with Gasteiger partial charge in [-0.3, -0.25) is 4.79 Å². The first-order chi connectivity index (χ1) is 11.6. The molecule has 3 rings (SSSR count). The zero-order valence-electron chi connectivity index (χ0n) is 13.0. The summed E-state index contributed by atoms with van der Waals surface area (Å²) in [7, 11) is 0. The van der Waals surface area contributed by atoms with Gasteiger partial charge in [0.2, 0.25) is 5.91 Å². The standard InChI is InChI=1S/C18H17F2NO2S/c19-15-7-6-14(8-16(15)20)9-21-17(22)12-24-18(21)11-23-10-13-4-2-1-3-5-13/h1-8,18H,9-12H2. The summed E-state index contributed by atoms with van der Waals surface area (Å²) in [5.41, 5.74) is 1.64. The second-order valence-corrected chi connectivity index (χ2v) is 6.70. The zero-order valence-corrected chi connectivity index (χ0v) is 13.8. The van der Waals surface area contributed by atoms with Crippen LogP contribution >= 0.6 is 11.8 Å². The van der Waals surface area contributed by atoms with Gasteiger partial charge in [0.1, 0.15) is 5.37 Å². The molecule has 126 valence electrons. The number of hydrogen-bond acceptors (Lipinski definition) is 3. The molecule has 0 spiro atoms. The quantitative estimate of drug-likeness (QED) is 0.798. The van der Waals surface area contributed by atoms with E-state index < -0.39 is 11.6 Å². The molecule has 0 radical (unpaired) electrons. The van der Waals surface area contributed by atoms with Crippen molar-refractivity contribution in [3.63, 3.8) is 0 Å². The van der Waals surface area contributed by atoms with Crippen LogP contribution < -0.4 is 0 Å². The fourth-order valence-corrected chi connectivity index (χ4v) is 3.58. The van der Waals surface area contributed by atoms with Crippen LogP contribution in [-0.2, 0) is 22.7 Å². The fourth-order valence-electron chi connectivity index (χ4n) is 2.52. The van der Waals surface area contributed by atoms with Gasteiger partial charge >= 0.3 is 0 Å². The number of ether oxygens (including phenoxy) is 1. The van der Waals surface area contributed by atoms with E-state index in [-0.39, 0.29) is 17.8 Å². The minimum absolute atomic E-state index is 0.0157. The highest BCUT2D eigenvalue weighted by molar-refractivity contribution is 8.01. The van der Waals surface area contributed by atoms with E-state index >= 15 is 0 Å². The van der Waals surface area contributed by atoms with E-state index in [2.05, 4.69) is 0 Å². The van der Waals surface area contributed by atoms with Crippen LogP contribution in [0.1, 0.15) is 11.1 Å². The third kappa shape index (κ3) is 4.13. The molecule has 3 nitrogen and oxygen atoms in total. The van der Waals surface area contributed by atoms with Gasteiger partial charge in [-0.1, -0.05) is 36.4 Å². The summed E-state index contributed by atoms with van der Waals surface area (Å²) in [5.74, 6) is -1.42. The maximum atomic E-state index is 13.3. The lowest BCUT2D eigenvalue weighted by Gasteiger charge is -2.24. The Balaban J connectivity index is 1.58. The molecule has 1 fully saturated rings. The molecule has 24 heavy (non-hydrogen) atoms. The Hall–Kier alpha value is -1.92. The molecule has 1 atom stereocenters. The lowest BCUT2D eigenvalue weighted by atomic mass is 10.2. The van der Waals surface area contributed by atoms with Gasteiger partial charge in [-0.05, 0) is 23.3 Å². The van der Waals surface area contributed by atoms with Crippen LogP contribution in [0.15, 0.2) is 48.5 Å². The molecule has 0 aliphatic carbocycles. The predicted octanol–water partition coefficient (Wildman–Crippen LogP) is 3.58. The normalized spacial score (nSPS) is 17.5. The molecule has 0 bridgehead atoms. The van der Waals surface area contributed by atoms with E-state index in [0.29, 0.717) is 24.5 Å². The van der Waals surface area contributed by atoms with Crippen LogP contribution in [-0.4, -0.2) is 28.5 Å². The topological polar surface area (TPSA) is 29.5 Å². The number of hydrogen-bond donors (Lipinski definition) is 0. The SMILES string of the molecule is O=C1CSC(COCc2ccccc2)N1Cc1ccc(F)c(F)c1. The largest absolute Gasteiger partial charge is 0.374 e. The van der Waals surface area contributed by atoms with Gasteiger partial charge in [0.15, 0.2) is 11.6 Å². The van der Waals surface area contributed by atoms with E-state index in [0.717, 1.165) is 17.7 Å². The van der Waals surface area contributed by atoms with Gasteiger partial charge in [0.25, 0.3) is 0 Å². The van der Waals surface area contributed by atoms with Crippen molar-refractivity contribution in [3.05, 3.63) is 71.3 Å². The Morgan fingerprint density at radius 2 is 1.88 bits per heavy atom. The van der Waals surface area contributed by atoms with Crippen molar-refractivity contribution in [1.29, 1.82) is 0 Å². The highest BCUT2D eigenvalue weighted by Crippen LogP contribution is 2.27. The highest BCUT2D eigenvalue weighted by Gasteiger charge is 2.31. The highest BCUT2D eigenvalue weighted by atomic mass is 32.2. The smallest absolute Gasteiger partial charge is 0.233 e. The number of nitrogens with zero attached hydrogens (tertiary/aromatic N) is 1. The molecule has 1 unspecified atom stereocenters. The number of benzene rings is 2. The first-order valence-electron chi connectivity index (χ1n) is 7.60. The second kappa shape index (κ2) is 7.77. The summed E-state index contributed by atoms with van der Waals surface area (Å²) >= 11 is 1.50. The average Bonchev–Trinajstić information content (AvgIpc) is 2.92. The molecule has 2 aromatic carbocycles. The van der Waals surface area contributed by atoms with E-state index in [1.54, 1.807) is 4.90 Å². The Morgan fingerprint density at radius 1 is 1.08 bits per heavy atom. The number of thioether (sulfide) groups is 1. The van der Waals surface area contributed by atoms with Crippen molar-refractivity contribution in [1.82, 2.24) is 4.90 Å². The molecule has 1 aliphatic heterocycles. The Morgan fingerprint density at radius 3 is 2.62 bits per heavy atom. The number of carbonyl (C=O) groups excluding carboxylic acids is 1. The van der Waals surface area contributed by atoms with Gasteiger partial charge in [0, 0.05) is 6.54 Å². The number of halogens is 2. The zero-order chi connectivity index (χ0) is 16.9. The molecule has 0 N–H and O–H groups in total. The van der Waals surface area contributed by atoms with Gasteiger partial charge in [-0.15, -0.1) is 11.8 Å². The lowest BCUT2D eigenvalue weighted by molar-refractivity contribution is -0.129. The van der Waals surface area contributed by atoms with Crippen LogP contribution in [0.3, 0.4) is 0 Å². The molecular formula is C18H17F2NO2S. The molecular weight excluding hydrogens is 332 g/mol. The van der Waals surface area contributed by atoms with Crippen molar-refractivity contribution in [3.8, 4) is 0 Å². The summed E-state index contributed by atoms with van der Waals surface area (Å²) < 4.78 is 32.1. The first-order valence-corrected chi connectivity index (χ1v) is 8.65. The Kier molecular flexibility index (Phi) is 5.48. The molecule has 6 heteroatoms. The van der Waals surface area contributed by atoms with Gasteiger partial charge in [-0.25, -0.2) is 8.78 Å². The van der Waals surface area contributed by atoms with Crippen LogP contribution in [0.4, 0.5) is 8.78 Å². The van der Waals surface area contributed by atoms with E-state index in [1.165, 1.54) is 17.8 Å². The molecule has 0 aromatic heterocycles. The summed E-state index contributed by atoms with van der Waals surface area (Å²) in [5, 5.41) is -0.116. The van der Waals surface area contributed by atoms with Crippen molar-refractivity contribution >= 4 is 17.7 Å². The maximum absolute atomic E-state index is 13.3. The summed E-state index contributed by atoms with van der Waals surface area (Å²) in [6.07, 6.45) is 0. The first kappa shape index (κ1) is 16.9. The lowest BCUT2D eigenvalue weighted by Crippen LogP contribution is -2.35. The van der Waals surface area contributed by atoms with Gasteiger partial charge in [0.05, 0.1) is 19.0 Å². The Bertz CT molecular complexity index is 711. The van der Waals surface area contributed by atoms with Gasteiger partial charge in [-0.2, -0.15) is 0 Å². The number of amides is 1. The minimum atomic E-state index is -0.899. The van der Waals surface area contributed by atoms with Crippen LogP contribution in [0, 0.1) is 11.6 Å². The van der Waals surface area contributed by atoms with Crippen molar-refractivity contribution in [2.24, 2.45) is 0 Å². The summed E-state index contributed by atoms with van der Waals surface area (Å²) in [6.45, 7) is 1.13. The summed E-state index contributed by atoms with van der Waals surface area (Å²) in [4.78, 5) is 13.7. The predicted molar refractivity (Wildman–Crippen MR) is 89.3 cm³/mol. The molecule has 1 aliphatic rings. The Labute approximate surface area is 143 Å². The molecule has 1 saturated heterocycles. The van der Waals surface area contributed by atoms with E-state index in [9.17, 15) is 13.6 Å². The van der Waals surface area contributed by atoms with Crippen molar-refractivity contribution in [2.45, 2.75) is 18.5 Å². The second-order valence-electron chi connectivity index (χ2n) is 5.54.